The van der Waals surface area contributed by atoms with Gasteiger partial charge >= 0.3 is 6.36 Å². The Kier molecular flexibility index (Phi) is 3.62. The van der Waals surface area contributed by atoms with Crippen molar-refractivity contribution in [3.05, 3.63) is 27.7 Å². The molecule has 0 aliphatic heterocycles. The van der Waals surface area contributed by atoms with Gasteiger partial charge in [0, 0.05) is 4.47 Å². The first kappa shape index (κ1) is 13.0. The van der Waals surface area contributed by atoms with Crippen molar-refractivity contribution in [2.45, 2.75) is 20.2 Å². The van der Waals surface area contributed by atoms with Crippen molar-refractivity contribution in [1.29, 1.82) is 0 Å². The maximum Gasteiger partial charge on any atom is 0.573 e. The molecule has 0 saturated carbocycles. The van der Waals surface area contributed by atoms with E-state index in [2.05, 4.69) is 20.7 Å². The van der Waals surface area contributed by atoms with Crippen molar-refractivity contribution in [3.63, 3.8) is 0 Å². The van der Waals surface area contributed by atoms with Gasteiger partial charge in [-0.05, 0) is 41.4 Å². The second-order valence-corrected chi connectivity index (χ2v) is 3.97. The summed E-state index contributed by atoms with van der Waals surface area (Å²) in [5.41, 5.74) is 0.567. The van der Waals surface area contributed by atoms with Gasteiger partial charge in [0.05, 0.1) is 5.56 Å². The van der Waals surface area contributed by atoms with Crippen LogP contribution in [0.5, 0.6) is 5.75 Å². The fourth-order valence-corrected chi connectivity index (χ4v) is 1.81. The maximum absolute atomic E-state index is 12.1. The molecule has 0 saturated heterocycles. The number of benzene rings is 1. The molecule has 0 radical (unpaired) electrons. The quantitative estimate of drug-likeness (QED) is 0.775. The van der Waals surface area contributed by atoms with E-state index in [0.717, 1.165) is 6.07 Å². The third kappa shape index (κ3) is 2.98. The Labute approximate surface area is 98.5 Å². The number of ketones is 1. The molecule has 1 aromatic carbocycles. The van der Waals surface area contributed by atoms with Gasteiger partial charge in [0.1, 0.15) is 5.75 Å². The lowest BCUT2D eigenvalue weighted by Gasteiger charge is -2.14. The number of aryl methyl sites for hydroxylation is 1. The average Bonchev–Trinajstić information content (AvgIpc) is 2.08. The minimum absolute atomic E-state index is 0.0997. The third-order valence-electron chi connectivity index (χ3n) is 1.87. The summed E-state index contributed by atoms with van der Waals surface area (Å²) in [4.78, 5) is 11.2. The van der Waals surface area contributed by atoms with Gasteiger partial charge in [-0.2, -0.15) is 0 Å². The summed E-state index contributed by atoms with van der Waals surface area (Å²) < 4.78 is 40.3. The molecule has 1 rings (SSSR count). The molecule has 16 heavy (non-hydrogen) atoms. The molecular formula is C10H8BrF3O2. The van der Waals surface area contributed by atoms with Crippen LogP contribution >= 0.6 is 15.9 Å². The molecule has 6 heteroatoms. The second kappa shape index (κ2) is 4.45. The molecule has 0 aromatic heterocycles. The molecule has 2 nitrogen and oxygen atoms in total. The summed E-state index contributed by atoms with van der Waals surface area (Å²) >= 11 is 3.07. The topological polar surface area (TPSA) is 26.3 Å². The number of rotatable bonds is 2. The molecule has 88 valence electrons. The van der Waals surface area contributed by atoms with E-state index in [4.69, 9.17) is 0 Å². The molecule has 0 spiro atoms. The van der Waals surface area contributed by atoms with Gasteiger partial charge in [0.25, 0.3) is 0 Å². The summed E-state index contributed by atoms with van der Waals surface area (Å²) in [5, 5.41) is 0. The monoisotopic (exact) mass is 296 g/mol. The Balaban J connectivity index is 3.29. The number of alkyl halides is 3. The lowest BCUT2D eigenvalue weighted by molar-refractivity contribution is -0.274. The van der Waals surface area contributed by atoms with Crippen LogP contribution in [0.3, 0.4) is 0 Å². The highest BCUT2D eigenvalue weighted by Gasteiger charge is 2.33. The van der Waals surface area contributed by atoms with Crippen molar-refractivity contribution >= 4 is 21.7 Å². The molecule has 0 fully saturated rings. The standard InChI is InChI=1S/C10H8BrF3O2/c1-5-3-4-7(16-10(12,13)14)8(6(2)15)9(5)11/h3-4H,1-2H3. The van der Waals surface area contributed by atoms with Gasteiger partial charge < -0.3 is 4.74 Å². The number of ether oxygens (including phenoxy) is 1. The molecule has 0 heterocycles. The van der Waals surface area contributed by atoms with E-state index < -0.39 is 17.9 Å². The first-order valence-electron chi connectivity index (χ1n) is 4.28. The number of hydrogen-bond acceptors (Lipinski definition) is 2. The molecule has 0 unspecified atom stereocenters. The lowest BCUT2D eigenvalue weighted by atomic mass is 10.1. The van der Waals surface area contributed by atoms with Crippen molar-refractivity contribution in [2.24, 2.45) is 0 Å². The van der Waals surface area contributed by atoms with Crippen LogP contribution in [0.4, 0.5) is 13.2 Å². The third-order valence-corrected chi connectivity index (χ3v) is 2.90. The smallest absolute Gasteiger partial charge is 0.405 e. The van der Waals surface area contributed by atoms with Gasteiger partial charge in [0.15, 0.2) is 5.78 Å². The largest absolute Gasteiger partial charge is 0.573 e. The van der Waals surface area contributed by atoms with Crippen molar-refractivity contribution < 1.29 is 22.7 Å². The van der Waals surface area contributed by atoms with Gasteiger partial charge in [-0.3, -0.25) is 4.79 Å². The van der Waals surface area contributed by atoms with Gasteiger partial charge in [-0.25, -0.2) is 0 Å². The first-order valence-corrected chi connectivity index (χ1v) is 5.07. The second-order valence-electron chi connectivity index (χ2n) is 3.17. The fourth-order valence-electron chi connectivity index (χ4n) is 1.20. The predicted molar refractivity (Wildman–Crippen MR) is 55.6 cm³/mol. The van der Waals surface area contributed by atoms with Crippen LogP contribution in [-0.2, 0) is 0 Å². The van der Waals surface area contributed by atoms with Crippen LogP contribution in [0.15, 0.2) is 16.6 Å². The van der Waals surface area contributed by atoms with Gasteiger partial charge in [-0.1, -0.05) is 6.07 Å². The molecule has 0 aliphatic rings. The summed E-state index contributed by atoms with van der Waals surface area (Å²) in [5.74, 6) is -0.979. The van der Waals surface area contributed by atoms with Gasteiger partial charge in [-0.15, -0.1) is 13.2 Å². The minimum Gasteiger partial charge on any atom is -0.405 e. The highest BCUT2D eigenvalue weighted by Crippen LogP contribution is 2.33. The Morgan fingerprint density at radius 3 is 2.38 bits per heavy atom. The molecule has 0 atom stereocenters. The highest BCUT2D eigenvalue weighted by atomic mass is 79.9. The highest BCUT2D eigenvalue weighted by molar-refractivity contribution is 9.10. The van der Waals surface area contributed by atoms with Crippen molar-refractivity contribution in [2.75, 3.05) is 0 Å². The molecule has 0 amide bonds. The Hall–Kier alpha value is -1.04. The summed E-state index contributed by atoms with van der Waals surface area (Å²) in [7, 11) is 0. The van der Waals surface area contributed by atoms with E-state index in [1.807, 2.05) is 0 Å². The van der Waals surface area contributed by atoms with E-state index in [0.29, 0.717) is 10.0 Å². The minimum atomic E-state index is -4.81. The number of halogens is 4. The van der Waals surface area contributed by atoms with Crippen LogP contribution in [0.1, 0.15) is 22.8 Å². The van der Waals surface area contributed by atoms with E-state index in [-0.39, 0.29) is 5.56 Å². The number of hydrogen-bond donors (Lipinski definition) is 0. The maximum atomic E-state index is 12.1. The SMILES string of the molecule is CC(=O)c1c(OC(F)(F)F)ccc(C)c1Br. The van der Waals surface area contributed by atoms with Crippen molar-refractivity contribution in [1.82, 2.24) is 0 Å². The van der Waals surface area contributed by atoms with Crippen LogP contribution in [0, 0.1) is 6.92 Å². The zero-order valence-electron chi connectivity index (χ0n) is 8.48. The molecule has 0 aliphatic carbocycles. The number of carbonyl (C=O) groups excluding carboxylic acids is 1. The van der Waals surface area contributed by atoms with E-state index >= 15 is 0 Å². The lowest BCUT2D eigenvalue weighted by Crippen LogP contribution is -2.19. The van der Waals surface area contributed by atoms with Crippen LogP contribution in [-0.4, -0.2) is 12.1 Å². The zero-order chi connectivity index (χ0) is 12.5. The molecule has 0 bridgehead atoms. The Morgan fingerprint density at radius 2 is 1.94 bits per heavy atom. The summed E-state index contributed by atoms with van der Waals surface area (Å²) in [6.45, 7) is 2.86. The number of Topliss-reactive ketones (excluding diaryl/α,β-unsaturated/α-hetero) is 1. The van der Waals surface area contributed by atoms with Gasteiger partial charge in [0.2, 0.25) is 0 Å². The summed E-state index contributed by atoms with van der Waals surface area (Å²) in [6.07, 6.45) is -4.81. The normalized spacial score (nSPS) is 11.4. The fraction of sp³-hybridized carbons (Fsp3) is 0.300. The van der Waals surface area contributed by atoms with Crippen LogP contribution in [0.25, 0.3) is 0 Å². The zero-order valence-corrected chi connectivity index (χ0v) is 10.1. The van der Waals surface area contributed by atoms with Crippen LogP contribution < -0.4 is 4.74 Å². The molecule has 0 N–H and O–H groups in total. The summed E-state index contributed by atoms with van der Waals surface area (Å²) in [6, 6.07) is 2.57. The first-order chi connectivity index (χ1) is 7.22. The average molecular weight is 297 g/mol. The predicted octanol–water partition coefficient (Wildman–Crippen LogP) is 3.86. The van der Waals surface area contributed by atoms with Crippen LogP contribution in [0.2, 0.25) is 0 Å². The van der Waals surface area contributed by atoms with E-state index in [1.54, 1.807) is 6.92 Å². The molecular weight excluding hydrogens is 289 g/mol. The van der Waals surface area contributed by atoms with E-state index in [1.165, 1.54) is 13.0 Å². The Bertz CT molecular complexity index is 427. The Morgan fingerprint density at radius 1 is 1.38 bits per heavy atom. The molecule has 1 aromatic rings. The number of carbonyl (C=O) groups is 1. The van der Waals surface area contributed by atoms with E-state index in [9.17, 15) is 18.0 Å². The van der Waals surface area contributed by atoms with Crippen molar-refractivity contribution in [3.8, 4) is 5.75 Å².